The summed E-state index contributed by atoms with van der Waals surface area (Å²) in [6.07, 6.45) is 1.69. The van der Waals surface area contributed by atoms with Gasteiger partial charge in [0.1, 0.15) is 5.82 Å². The van der Waals surface area contributed by atoms with Gasteiger partial charge in [0, 0.05) is 12.3 Å². The van der Waals surface area contributed by atoms with Crippen LogP contribution in [0.4, 0.5) is 4.39 Å². The van der Waals surface area contributed by atoms with E-state index in [-0.39, 0.29) is 11.4 Å². The molecule has 0 aliphatic rings. The molecular weight excluding hydrogens is 205 g/mol. The molecule has 0 saturated carbocycles. The molecule has 0 aliphatic heterocycles. The summed E-state index contributed by atoms with van der Waals surface area (Å²) in [7, 11) is 0. The van der Waals surface area contributed by atoms with E-state index in [2.05, 4.69) is 0 Å². The van der Waals surface area contributed by atoms with Crippen LogP contribution in [0, 0.1) is 12.7 Å². The Bertz CT molecular complexity index is 560. The molecule has 0 amide bonds. The zero-order valence-corrected chi connectivity index (χ0v) is 8.98. The Hall–Kier alpha value is -1.90. The maximum atomic E-state index is 13.3. The van der Waals surface area contributed by atoms with Crippen molar-refractivity contribution in [2.75, 3.05) is 0 Å². The van der Waals surface area contributed by atoms with Crippen molar-refractivity contribution in [2.24, 2.45) is 0 Å². The zero-order valence-electron chi connectivity index (χ0n) is 8.98. The minimum Gasteiger partial charge on any atom is -0.311 e. The van der Waals surface area contributed by atoms with Crippen molar-refractivity contribution in [1.82, 2.24) is 4.57 Å². The van der Waals surface area contributed by atoms with E-state index in [0.29, 0.717) is 12.1 Å². The van der Waals surface area contributed by atoms with Crippen LogP contribution in [0.25, 0.3) is 0 Å². The molecule has 0 fully saturated rings. The highest BCUT2D eigenvalue weighted by atomic mass is 19.1. The molecule has 1 aromatic heterocycles. The Labute approximate surface area is 93.0 Å². The van der Waals surface area contributed by atoms with E-state index in [4.69, 9.17) is 0 Å². The first-order valence-corrected chi connectivity index (χ1v) is 5.07. The Kier molecular flexibility index (Phi) is 2.86. The summed E-state index contributed by atoms with van der Waals surface area (Å²) in [6.45, 7) is 2.12. The number of nitrogens with zero attached hydrogens (tertiary/aromatic N) is 1. The highest BCUT2D eigenvalue weighted by Crippen LogP contribution is 2.09. The molecule has 0 radical (unpaired) electrons. The predicted octanol–water partition coefficient (Wildman–Crippen LogP) is 2.34. The molecule has 2 nitrogen and oxygen atoms in total. The summed E-state index contributed by atoms with van der Waals surface area (Å²) in [4.78, 5) is 11.4. The molecule has 16 heavy (non-hydrogen) atoms. The second kappa shape index (κ2) is 4.31. The maximum Gasteiger partial charge on any atom is 0.250 e. The van der Waals surface area contributed by atoms with Crippen molar-refractivity contribution < 1.29 is 4.39 Å². The van der Waals surface area contributed by atoms with Gasteiger partial charge in [-0.15, -0.1) is 0 Å². The number of pyridine rings is 1. The van der Waals surface area contributed by atoms with Gasteiger partial charge >= 0.3 is 0 Å². The van der Waals surface area contributed by atoms with E-state index in [1.165, 1.54) is 12.1 Å². The Morgan fingerprint density at radius 3 is 2.75 bits per heavy atom. The molecule has 0 N–H and O–H groups in total. The Morgan fingerprint density at radius 1 is 1.25 bits per heavy atom. The second-order valence-electron chi connectivity index (χ2n) is 3.75. The number of hydrogen-bond acceptors (Lipinski definition) is 1. The fourth-order valence-corrected chi connectivity index (χ4v) is 1.52. The first kappa shape index (κ1) is 10.6. The number of hydrogen-bond donors (Lipinski definition) is 0. The molecule has 3 heteroatoms. The van der Waals surface area contributed by atoms with E-state index >= 15 is 0 Å². The summed E-state index contributed by atoms with van der Waals surface area (Å²) >= 11 is 0. The largest absolute Gasteiger partial charge is 0.311 e. The third-order valence-corrected chi connectivity index (χ3v) is 2.49. The van der Waals surface area contributed by atoms with Gasteiger partial charge in [0.25, 0.3) is 5.56 Å². The average molecular weight is 217 g/mol. The van der Waals surface area contributed by atoms with Crippen molar-refractivity contribution in [3.05, 3.63) is 69.9 Å². The van der Waals surface area contributed by atoms with Crippen LogP contribution in [0.1, 0.15) is 11.1 Å². The number of rotatable bonds is 2. The SMILES string of the molecule is Cc1ccc(Cn2ccccc2=O)cc1F. The molecule has 0 atom stereocenters. The predicted molar refractivity (Wildman–Crippen MR) is 60.9 cm³/mol. The molecule has 2 aromatic rings. The molecule has 0 aliphatic carbocycles. The monoisotopic (exact) mass is 217 g/mol. The van der Waals surface area contributed by atoms with Crippen LogP contribution in [0.5, 0.6) is 0 Å². The number of aromatic nitrogens is 1. The standard InChI is InChI=1S/C13H12FNO/c1-10-5-6-11(8-12(10)14)9-15-7-3-2-4-13(15)16/h2-8H,9H2,1H3. The minimum absolute atomic E-state index is 0.0801. The summed E-state index contributed by atoms with van der Waals surface area (Å²) in [6, 6.07) is 9.98. The third kappa shape index (κ3) is 2.19. The van der Waals surface area contributed by atoms with Crippen molar-refractivity contribution in [3.8, 4) is 0 Å². The number of aryl methyl sites for hydroxylation is 1. The smallest absolute Gasteiger partial charge is 0.250 e. The topological polar surface area (TPSA) is 22.0 Å². The van der Waals surface area contributed by atoms with Crippen molar-refractivity contribution in [3.63, 3.8) is 0 Å². The summed E-state index contributed by atoms with van der Waals surface area (Å²) < 4.78 is 14.8. The molecule has 82 valence electrons. The van der Waals surface area contributed by atoms with Crippen molar-refractivity contribution in [1.29, 1.82) is 0 Å². The van der Waals surface area contributed by atoms with Crippen LogP contribution in [0.2, 0.25) is 0 Å². The van der Waals surface area contributed by atoms with E-state index in [1.807, 2.05) is 6.07 Å². The molecule has 0 unspecified atom stereocenters. The minimum atomic E-state index is -0.235. The average Bonchev–Trinajstić information content (AvgIpc) is 2.27. The first-order valence-electron chi connectivity index (χ1n) is 5.07. The van der Waals surface area contributed by atoms with Crippen LogP contribution in [0.15, 0.2) is 47.4 Å². The Balaban J connectivity index is 2.31. The lowest BCUT2D eigenvalue weighted by molar-refractivity contribution is 0.613. The summed E-state index contributed by atoms with van der Waals surface area (Å²) in [5.41, 5.74) is 1.32. The third-order valence-electron chi connectivity index (χ3n) is 2.49. The lowest BCUT2D eigenvalue weighted by Crippen LogP contribution is -2.18. The Morgan fingerprint density at radius 2 is 2.06 bits per heavy atom. The zero-order chi connectivity index (χ0) is 11.5. The van der Waals surface area contributed by atoms with E-state index in [0.717, 1.165) is 5.56 Å². The molecule has 0 spiro atoms. The second-order valence-corrected chi connectivity index (χ2v) is 3.75. The number of halogens is 1. The van der Waals surface area contributed by atoms with Crippen LogP contribution >= 0.6 is 0 Å². The van der Waals surface area contributed by atoms with Gasteiger partial charge < -0.3 is 4.57 Å². The van der Waals surface area contributed by atoms with Gasteiger partial charge in [0.05, 0.1) is 6.54 Å². The molecule has 2 rings (SSSR count). The fraction of sp³-hybridized carbons (Fsp3) is 0.154. The van der Waals surface area contributed by atoms with Crippen LogP contribution in [-0.4, -0.2) is 4.57 Å². The van der Waals surface area contributed by atoms with Gasteiger partial charge in [0.2, 0.25) is 0 Å². The molecular formula is C13H12FNO. The van der Waals surface area contributed by atoms with Gasteiger partial charge in [-0.25, -0.2) is 4.39 Å². The lowest BCUT2D eigenvalue weighted by atomic mass is 10.1. The molecule has 1 heterocycles. The normalized spacial score (nSPS) is 10.4. The van der Waals surface area contributed by atoms with Crippen LogP contribution in [0.3, 0.4) is 0 Å². The molecule has 1 aromatic carbocycles. The van der Waals surface area contributed by atoms with Gasteiger partial charge in [-0.05, 0) is 30.2 Å². The van der Waals surface area contributed by atoms with Crippen LogP contribution in [-0.2, 0) is 6.54 Å². The van der Waals surface area contributed by atoms with Crippen molar-refractivity contribution in [2.45, 2.75) is 13.5 Å². The first-order chi connectivity index (χ1) is 7.66. The highest BCUT2D eigenvalue weighted by molar-refractivity contribution is 5.23. The lowest BCUT2D eigenvalue weighted by Gasteiger charge is -2.06. The van der Waals surface area contributed by atoms with E-state index in [9.17, 15) is 9.18 Å². The molecule has 0 bridgehead atoms. The van der Waals surface area contributed by atoms with Gasteiger partial charge in [0.15, 0.2) is 0 Å². The van der Waals surface area contributed by atoms with Crippen molar-refractivity contribution >= 4 is 0 Å². The number of benzene rings is 1. The summed E-state index contributed by atoms with van der Waals surface area (Å²) in [5, 5.41) is 0. The highest BCUT2D eigenvalue weighted by Gasteiger charge is 2.01. The van der Waals surface area contributed by atoms with E-state index in [1.54, 1.807) is 35.9 Å². The van der Waals surface area contributed by atoms with E-state index < -0.39 is 0 Å². The van der Waals surface area contributed by atoms with Gasteiger partial charge in [-0.3, -0.25) is 4.79 Å². The fourth-order valence-electron chi connectivity index (χ4n) is 1.52. The van der Waals surface area contributed by atoms with Crippen LogP contribution < -0.4 is 5.56 Å². The quantitative estimate of drug-likeness (QED) is 0.756. The van der Waals surface area contributed by atoms with Gasteiger partial charge in [-0.2, -0.15) is 0 Å². The maximum absolute atomic E-state index is 13.3. The summed E-state index contributed by atoms with van der Waals surface area (Å²) in [5.74, 6) is -0.235. The van der Waals surface area contributed by atoms with Gasteiger partial charge in [-0.1, -0.05) is 18.2 Å². The molecule has 0 saturated heterocycles.